The quantitative estimate of drug-likeness (QED) is 0.125. The standard InChI is InChI=1S/C21H32N4O9S2/c1-9-14-13(10(2)26)18(28)25(14)15(19(29)33-8-34-20(30)21(4,5)6)16(9)35-12-7-22-17(12)36(31,32)24-23-11(3)27/h9-14,23-24,26-27H,7-8H2,1-6H3/t9-,10-,11?,12?,13-,14-/m1/s1. The Balaban J connectivity index is 1.82. The van der Waals surface area contributed by atoms with Gasteiger partial charge in [-0.15, -0.1) is 16.6 Å². The summed E-state index contributed by atoms with van der Waals surface area (Å²) in [4.78, 5) is 45.5. The molecule has 36 heavy (non-hydrogen) atoms. The molecule has 0 aromatic heterocycles. The van der Waals surface area contributed by atoms with E-state index in [4.69, 9.17) is 9.47 Å². The number of hydrazine groups is 1. The summed E-state index contributed by atoms with van der Waals surface area (Å²) in [7, 11) is -4.06. The summed E-state index contributed by atoms with van der Waals surface area (Å²) in [6.45, 7) is 9.02. The number of rotatable bonds is 9. The summed E-state index contributed by atoms with van der Waals surface area (Å²) in [6, 6.07) is -0.508. The van der Waals surface area contributed by atoms with Gasteiger partial charge in [-0.3, -0.25) is 14.6 Å². The molecule has 2 unspecified atom stereocenters. The van der Waals surface area contributed by atoms with Gasteiger partial charge in [0.15, 0.2) is 5.04 Å². The minimum Gasteiger partial charge on any atom is -0.427 e. The average molecular weight is 549 g/mol. The fourth-order valence-electron chi connectivity index (χ4n) is 4.05. The highest BCUT2D eigenvalue weighted by atomic mass is 32.2. The maximum atomic E-state index is 13.0. The van der Waals surface area contributed by atoms with Crippen molar-refractivity contribution in [2.75, 3.05) is 13.3 Å². The summed E-state index contributed by atoms with van der Waals surface area (Å²) in [6.07, 6.45) is -2.09. The van der Waals surface area contributed by atoms with Crippen molar-refractivity contribution in [3.63, 3.8) is 0 Å². The smallest absolute Gasteiger partial charge is 0.358 e. The van der Waals surface area contributed by atoms with Crippen LogP contribution in [0.2, 0.25) is 0 Å². The van der Waals surface area contributed by atoms with Gasteiger partial charge in [0.2, 0.25) is 12.7 Å². The molecule has 0 bridgehead atoms. The molecular weight excluding hydrogens is 516 g/mol. The van der Waals surface area contributed by atoms with Gasteiger partial charge in [-0.2, -0.15) is 0 Å². The van der Waals surface area contributed by atoms with Crippen molar-refractivity contribution in [1.29, 1.82) is 0 Å². The molecule has 0 aromatic carbocycles. The van der Waals surface area contributed by atoms with Crippen LogP contribution in [0, 0.1) is 17.3 Å². The second kappa shape index (κ2) is 10.4. The van der Waals surface area contributed by atoms with Crippen LogP contribution in [0.3, 0.4) is 0 Å². The van der Waals surface area contributed by atoms with E-state index in [1.807, 2.05) is 4.83 Å². The highest BCUT2D eigenvalue weighted by Gasteiger charge is 2.60. The molecule has 15 heteroatoms. The molecule has 0 saturated carbocycles. The van der Waals surface area contributed by atoms with Gasteiger partial charge >= 0.3 is 11.9 Å². The lowest BCUT2D eigenvalue weighted by molar-refractivity contribution is -0.175. The fraction of sp³-hybridized carbons (Fsp3) is 0.714. The third-order valence-electron chi connectivity index (χ3n) is 5.93. The van der Waals surface area contributed by atoms with E-state index in [9.17, 15) is 33.0 Å². The van der Waals surface area contributed by atoms with Gasteiger partial charge in [-0.05, 0) is 34.6 Å². The first kappa shape index (κ1) is 28.5. The summed E-state index contributed by atoms with van der Waals surface area (Å²) in [5.41, 5.74) is 1.32. The van der Waals surface area contributed by atoms with E-state index in [1.165, 1.54) is 18.7 Å². The summed E-state index contributed by atoms with van der Waals surface area (Å²) < 4.78 is 35.2. The second-order valence-electron chi connectivity index (χ2n) is 9.91. The number of hydrogen-bond acceptors (Lipinski definition) is 12. The molecule has 3 aliphatic heterocycles. The molecule has 0 spiro atoms. The topological polar surface area (TPSA) is 184 Å². The Bertz CT molecular complexity index is 1100. The van der Waals surface area contributed by atoms with E-state index in [2.05, 4.69) is 10.4 Å². The first-order valence-corrected chi connectivity index (χ1v) is 13.7. The van der Waals surface area contributed by atoms with E-state index in [1.54, 1.807) is 27.7 Å². The Morgan fingerprint density at radius 2 is 1.89 bits per heavy atom. The maximum absolute atomic E-state index is 13.0. The number of esters is 2. The van der Waals surface area contributed by atoms with Crippen LogP contribution in [-0.4, -0.2) is 83.4 Å². The number of aliphatic hydroxyl groups excluding tert-OH is 2. The Kier molecular flexibility index (Phi) is 8.22. The molecule has 4 N–H and O–H groups in total. The third-order valence-corrected chi connectivity index (χ3v) is 8.91. The highest BCUT2D eigenvalue weighted by Crippen LogP contribution is 2.52. The number of thioether (sulfide) groups is 1. The van der Waals surface area contributed by atoms with E-state index < -0.39 is 75.5 Å². The number of carbonyl (C=O) groups excluding carboxylic acids is 3. The molecule has 0 aromatic rings. The van der Waals surface area contributed by atoms with Crippen LogP contribution < -0.4 is 10.3 Å². The predicted molar refractivity (Wildman–Crippen MR) is 129 cm³/mol. The second-order valence-corrected chi connectivity index (χ2v) is 12.8. The number of amides is 1. The first-order valence-electron chi connectivity index (χ1n) is 11.3. The van der Waals surface area contributed by atoms with Gasteiger partial charge in [0.1, 0.15) is 11.9 Å². The first-order chi connectivity index (χ1) is 16.6. The van der Waals surface area contributed by atoms with Crippen molar-refractivity contribution >= 4 is 44.7 Å². The lowest BCUT2D eigenvalue weighted by Crippen LogP contribution is -2.63. The largest absolute Gasteiger partial charge is 0.427 e. The molecule has 0 radical (unpaired) electrons. The lowest BCUT2D eigenvalue weighted by atomic mass is 9.79. The fourth-order valence-corrected chi connectivity index (χ4v) is 6.94. The number of hydrogen-bond donors (Lipinski definition) is 4. The predicted octanol–water partition coefficient (Wildman–Crippen LogP) is -0.578. The van der Waals surface area contributed by atoms with E-state index in [-0.39, 0.29) is 17.3 Å². The lowest BCUT2D eigenvalue weighted by Gasteiger charge is -2.46. The molecule has 3 rings (SSSR count). The molecule has 0 aliphatic carbocycles. The molecule has 1 amide bonds. The number of fused-ring (bicyclic) bond motifs is 1. The number of nitrogens with zero attached hydrogens (tertiary/aromatic N) is 2. The van der Waals surface area contributed by atoms with Crippen molar-refractivity contribution in [3.8, 4) is 0 Å². The Morgan fingerprint density at radius 3 is 2.39 bits per heavy atom. The number of β-lactam (4-membered cyclic amide) rings is 1. The van der Waals surface area contributed by atoms with Crippen molar-refractivity contribution in [2.24, 2.45) is 22.2 Å². The summed E-state index contributed by atoms with van der Waals surface area (Å²) in [5, 5.41) is 18.6. The molecule has 6 atom stereocenters. The zero-order valence-corrected chi connectivity index (χ0v) is 22.5. The Labute approximate surface area is 213 Å². The van der Waals surface area contributed by atoms with Crippen molar-refractivity contribution in [3.05, 3.63) is 10.6 Å². The van der Waals surface area contributed by atoms with E-state index in [0.717, 1.165) is 11.8 Å². The minimum atomic E-state index is -4.06. The van der Waals surface area contributed by atoms with Crippen molar-refractivity contribution in [2.45, 2.75) is 65.2 Å². The zero-order valence-electron chi connectivity index (χ0n) is 20.8. The minimum absolute atomic E-state index is 0.0649. The van der Waals surface area contributed by atoms with Gasteiger partial charge in [-0.1, -0.05) is 6.92 Å². The van der Waals surface area contributed by atoms with Gasteiger partial charge in [0, 0.05) is 10.8 Å². The maximum Gasteiger partial charge on any atom is 0.358 e. The van der Waals surface area contributed by atoms with Crippen LogP contribution >= 0.6 is 11.8 Å². The molecule has 202 valence electrons. The monoisotopic (exact) mass is 548 g/mol. The van der Waals surface area contributed by atoms with Crippen LogP contribution in [0.15, 0.2) is 15.6 Å². The molecular formula is C21H32N4O9S2. The van der Waals surface area contributed by atoms with Crippen LogP contribution in [-0.2, 0) is 33.9 Å². The average Bonchev–Trinajstić information content (AvgIpc) is 2.96. The zero-order chi connectivity index (χ0) is 27.2. The highest BCUT2D eigenvalue weighted by molar-refractivity contribution is 8.11. The third kappa shape index (κ3) is 5.45. The van der Waals surface area contributed by atoms with Crippen molar-refractivity contribution < 1.29 is 42.5 Å². The molecule has 1 fully saturated rings. The van der Waals surface area contributed by atoms with Crippen molar-refractivity contribution in [1.82, 2.24) is 15.2 Å². The molecule has 1 saturated heterocycles. The number of aliphatic imine (C=N–C) groups is 1. The number of ether oxygens (including phenoxy) is 2. The van der Waals surface area contributed by atoms with Gasteiger partial charge in [0.05, 0.1) is 35.3 Å². The van der Waals surface area contributed by atoms with Gasteiger partial charge < -0.3 is 24.6 Å². The summed E-state index contributed by atoms with van der Waals surface area (Å²) in [5.74, 6) is -3.06. The molecule has 3 heterocycles. The Hall–Kier alpha value is -2.04. The van der Waals surface area contributed by atoms with Gasteiger partial charge in [0.25, 0.3) is 10.0 Å². The van der Waals surface area contributed by atoms with Crippen LogP contribution in [0.5, 0.6) is 0 Å². The number of carbonyl (C=O) groups is 3. The van der Waals surface area contributed by atoms with E-state index >= 15 is 0 Å². The van der Waals surface area contributed by atoms with Gasteiger partial charge in [-0.25, -0.2) is 18.6 Å². The van der Waals surface area contributed by atoms with Crippen LogP contribution in [0.4, 0.5) is 0 Å². The summed E-state index contributed by atoms with van der Waals surface area (Å²) >= 11 is 1.07. The normalized spacial score (nSPS) is 27.5. The Morgan fingerprint density at radius 1 is 1.25 bits per heavy atom. The van der Waals surface area contributed by atoms with E-state index in [0.29, 0.717) is 4.91 Å². The molecule has 13 nitrogen and oxygen atoms in total. The number of sulfonamides is 1. The number of aliphatic hydroxyl groups is 2. The SMILES string of the molecule is CC(O)NNS(=O)(=O)C1=NCC1SC1=C(C(=O)OCOC(=O)C(C)(C)C)N2C(=O)[C@H]([C@@H](C)O)[C@H]2[C@H]1C. The number of nitrogens with one attached hydrogen (secondary N) is 2. The van der Waals surface area contributed by atoms with Crippen LogP contribution in [0.25, 0.3) is 0 Å². The van der Waals surface area contributed by atoms with Crippen LogP contribution in [0.1, 0.15) is 41.5 Å². The molecule has 3 aliphatic rings.